The van der Waals surface area contributed by atoms with E-state index < -0.39 is 17.1 Å². The van der Waals surface area contributed by atoms with Crippen LogP contribution in [0.25, 0.3) is 6.08 Å². The molecule has 42 heavy (non-hydrogen) atoms. The van der Waals surface area contributed by atoms with Crippen molar-refractivity contribution in [2.75, 3.05) is 24.9 Å². The Kier molecular flexibility index (Phi) is 10.4. The van der Waals surface area contributed by atoms with Gasteiger partial charge in [-0.3, -0.25) is 14.4 Å². The number of anilines is 2. The molecule has 1 aromatic heterocycles. The molecule has 0 aliphatic rings. The van der Waals surface area contributed by atoms with Crippen molar-refractivity contribution in [2.45, 2.75) is 24.0 Å². The van der Waals surface area contributed by atoms with Gasteiger partial charge in [-0.05, 0) is 56.3 Å². The lowest BCUT2D eigenvalue weighted by atomic mass is 10.1. The summed E-state index contributed by atoms with van der Waals surface area (Å²) in [7, 11) is 3.02. The summed E-state index contributed by atoms with van der Waals surface area (Å²) in [5, 5.41) is 10.4. The van der Waals surface area contributed by atoms with Crippen LogP contribution in [0.3, 0.4) is 0 Å². The summed E-state index contributed by atoms with van der Waals surface area (Å²) in [4.78, 5) is 44.3. The van der Waals surface area contributed by atoms with Crippen LogP contribution in [0.5, 0.6) is 11.5 Å². The summed E-state index contributed by atoms with van der Waals surface area (Å²) in [5.41, 5.74) is 2.27. The fraction of sp³-hybridized carbons (Fsp3) is 0.161. The monoisotopic (exact) mass is 602 g/mol. The Hall–Kier alpha value is -4.61. The van der Waals surface area contributed by atoms with Gasteiger partial charge in [0.05, 0.1) is 25.2 Å². The Balaban J connectivity index is 1.55. The first-order valence-electron chi connectivity index (χ1n) is 12.9. The number of nitrogens with zero attached hydrogens (tertiary/aromatic N) is 1. The number of aryl methyl sites for hydroxylation is 1. The van der Waals surface area contributed by atoms with Crippen LogP contribution in [0.1, 0.15) is 28.5 Å². The summed E-state index contributed by atoms with van der Waals surface area (Å²) in [5.74, 6) is -0.273. The fourth-order valence-corrected chi connectivity index (χ4v) is 5.46. The summed E-state index contributed by atoms with van der Waals surface area (Å²) >= 11 is 2.72. The topological polar surface area (TPSA) is 119 Å². The lowest BCUT2D eigenvalue weighted by Crippen LogP contribution is -2.30. The first kappa shape index (κ1) is 30.4. The minimum Gasteiger partial charge on any atom is -0.493 e. The number of rotatable bonds is 11. The molecule has 1 unspecified atom stereocenters. The molecule has 0 saturated heterocycles. The average molecular weight is 603 g/mol. The lowest BCUT2D eigenvalue weighted by molar-refractivity contribution is -0.115. The third-order valence-electron chi connectivity index (χ3n) is 5.89. The number of carbonyl (C=O) groups excluding carboxylic acids is 3. The minimum atomic E-state index is -0.545. The first-order valence-corrected chi connectivity index (χ1v) is 14.6. The number of nitrogens with one attached hydrogen (secondary N) is 3. The zero-order valence-corrected chi connectivity index (χ0v) is 25.1. The molecule has 0 radical (unpaired) electrons. The van der Waals surface area contributed by atoms with Crippen molar-refractivity contribution in [2.24, 2.45) is 0 Å². The molecular formula is C31H30N4O5S2. The number of aromatic nitrogens is 1. The van der Waals surface area contributed by atoms with Crippen molar-refractivity contribution in [3.63, 3.8) is 0 Å². The number of thioether (sulfide) groups is 1. The quantitative estimate of drug-likeness (QED) is 0.142. The van der Waals surface area contributed by atoms with Gasteiger partial charge in [-0.2, -0.15) is 0 Å². The summed E-state index contributed by atoms with van der Waals surface area (Å²) in [6.07, 6.45) is 1.53. The molecule has 11 heteroatoms. The number of amides is 3. The van der Waals surface area contributed by atoms with Crippen molar-refractivity contribution >= 4 is 57.7 Å². The van der Waals surface area contributed by atoms with Crippen LogP contribution >= 0.6 is 23.1 Å². The molecule has 0 fully saturated rings. The lowest BCUT2D eigenvalue weighted by Gasteiger charge is -2.15. The largest absolute Gasteiger partial charge is 0.493 e. The second-order valence-corrected chi connectivity index (χ2v) is 11.3. The van der Waals surface area contributed by atoms with Gasteiger partial charge in [0.15, 0.2) is 16.6 Å². The Labute approximate surface area is 252 Å². The molecule has 9 nitrogen and oxygen atoms in total. The van der Waals surface area contributed by atoms with Gasteiger partial charge >= 0.3 is 0 Å². The molecule has 1 heterocycles. The molecule has 0 bridgehead atoms. The van der Waals surface area contributed by atoms with Crippen molar-refractivity contribution in [3.05, 3.63) is 101 Å². The third-order valence-corrected chi connectivity index (χ3v) is 7.85. The van der Waals surface area contributed by atoms with Gasteiger partial charge in [-0.25, -0.2) is 4.98 Å². The smallest absolute Gasteiger partial charge is 0.272 e. The normalized spacial score (nSPS) is 11.8. The van der Waals surface area contributed by atoms with E-state index in [1.807, 2.05) is 18.4 Å². The van der Waals surface area contributed by atoms with Crippen LogP contribution in [-0.4, -0.2) is 42.2 Å². The maximum atomic E-state index is 13.5. The SMILES string of the molecule is COc1cccc(/C=C(/NC(=O)c2ccccc2)C(=O)Nc2cccc(SC(C)C(=O)Nc3nc(C)cs3)c2)c1OC. The number of para-hydroxylation sites is 1. The second-order valence-electron chi connectivity index (χ2n) is 8.99. The predicted octanol–water partition coefficient (Wildman–Crippen LogP) is 6.00. The second kappa shape index (κ2) is 14.3. The van der Waals surface area contributed by atoms with Gasteiger partial charge in [-0.1, -0.05) is 36.4 Å². The molecule has 4 aromatic rings. The maximum absolute atomic E-state index is 13.5. The van der Waals surface area contributed by atoms with Crippen LogP contribution < -0.4 is 25.4 Å². The van der Waals surface area contributed by atoms with E-state index in [9.17, 15) is 14.4 Å². The Bertz CT molecular complexity index is 1600. The van der Waals surface area contributed by atoms with E-state index in [2.05, 4.69) is 20.9 Å². The van der Waals surface area contributed by atoms with Gasteiger partial charge < -0.3 is 25.4 Å². The molecular weight excluding hydrogens is 572 g/mol. The van der Waals surface area contributed by atoms with Crippen molar-refractivity contribution in [1.29, 1.82) is 0 Å². The number of carbonyl (C=O) groups is 3. The standard InChI is InChI=1S/C31H30N4O5S2/c1-19-18-41-31(32-19)35-28(36)20(2)42-24-14-9-13-23(17-24)33-30(38)25(34-29(37)21-10-6-5-7-11-21)16-22-12-8-15-26(39-3)27(22)40-4/h5-18,20H,1-4H3,(H,33,38)(H,34,37)(H,32,35,36)/b25-16+. The summed E-state index contributed by atoms with van der Waals surface area (Å²) < 4.78 is 10.9. The number of benzene rings is 3. The molecule has 1 atom stereocenters. The zero-order chi connectivity index (χ0) is 30.1. The summed E-state index contributed by atoms with van der Waals surface area (Å²) in [6.45, 7) is 3.66. The van der Waals surface area contributed by atoms with E-state index in [0.717, 1.165) is 10.6 Å². The number of hydrogen-bond acceptors (Lipinski definition) is 8. The van der Waals surface area contributed by atoms with E-state index in [1.54, 1.807) is 73.7 Å². The molecule has 3 N–H and O–H groups in total. The summed E-state index contributed by atoms with van der Waals surface area (Å²) in [6, 6.07) is 21.0. The van der Waals surface area contributed by atoms with Crippen LogP contribution in [0.4, 0.5) is 10.8 Å². The zero-order valence-electron chi connectivity index (χ0n) is 23.5. The number of methoxy groups -OCH3 is 2. The minimum absolute atomic E-state index is 0.0000469. The molecule has 0 saturated carbocycles. The maximum Gasteiger partial charge on any atom is 0.272 e. The van der Waals surface area contributed by atoms with E-state index in [4.69, 9.17) is 9.47 Å². The highest BCUT2D eigenvalue weighted by molar-refractivity contribution is 8.00. The third kappa shape index (κ3) is 7.99. The molecule has 0 aliphatic heterocycles. The van der Waals surface area contributed by atoms with E-state index in [0.29, 0.717) is 33.4 Å². The number of thiazole rings is 1. The van der Waals surface area contributed by atoms with Crippen molar-refractivity contribution < 1.29 is 23.9 Å². The number of hydrogen-bond donors (Lipinski definition) is 3. The molecule has 3 aromatic carbocycles. The van der Waals surface area contributed by atoms with E-state index >= 15 is 0 Å². The van der Waals surface area contributed by atoms with Crippen LogP contribution in [-0.2, 0) is 9.59 Å². The first-order chi connectivity index (χ1) is 20.3. The van der Waals surface area contributed by atoms with E-state index in [1.165, 1.54) is 43.4 Å². The molecule has 0 spiro atoms. The van der Waals surface area contributed by atoms with Gasteiger partial charge in [0.25, 0.3) is 11.8 Å². The molecule has 3 amide bonds. The van der Waals surface area contributed by atoms with Crippen LogP contribution in [0.15, 0.2) is 88.8 Å². The highest BCUT2D eigenvalue weighted by Crippen LogP contribution is 2.32. The number of ether oxygens (including phenoxy) is 2. The molecule has 216 valence electrons. The molecule has 4 rings (SSSR count). The highest BCUT2D eigenvalue weighted by Gasteiger charge is 2.19. The highest BCUT2D eigenvalue weighted by atomic mass is 32.2. The molecule has 0 aliphatic carbocycles. The Morgan fingerprint density at radius 3 is 2.40 bits per heavy atom. The Morgan fingerprint density at radius 1 is 0.952 bits per heavy atom. The van der Waals surface area contributed by atoms with Gasteiger partial charge in [0, 0.05) is 27.1 Å². The Morgan fingerprint density at radius 2 is 1.71 bits per heavy atom. The van der Waals surface area contributed by atoms with Gasteiger partial charge in [-0.15, -0.1) is 23.1 Å². The van der Waals surface area contributed by atoms with Gasteiger partial charge in [0.2, 0.25) is 5.91 Å². The van der Waals surface area contributed by atoms with Crippen LogP contribution in [0, 0.1) is 6.92 Å². The predicted molar refractivity (Wildman–Crippen MR) is 167 cm³/mol. The van der Waals surface area contributed by atoms with Crippen LogP contribution in [0.2, 0.25) is 0 Å². The van der Waals surface area contributed by atoms with E-state index in [-0.39, 0.29) is 11.6 Å². The van der Waals surface area contributed by atoms with Gasteiger partial charge in [0.1, 0.15) is 5.70 Å². The van der Waals surface area contributed by atoms with Crippen molar-refractivity contribution in [1.82, 2.24) is 10.3 Å². The van der Waals surface area contributed by atoms with Crippen molar-refractivity contribution in [3.8, 4) is 11.5 Å². The fourth-order valence-electron chi connectivity index (χ4n) is 3.85. The average Bonchev–Trinajstić information content (AvgIpc) is 3.41.